The Morgan fingerprint density at radius 2 is 1.64 bits per heavy atom. The number of nitrogens with zero attached hydrogens (tertiary/aromatic N) is 2. The minimum atomic E-state index is -0.545. The van der Waals surface area contributed by atoms with E-state index < -0.39 is 11.8 Å². The summed E-state index contributed by atoms with van der Waals surface area (Å²) in [4.78, 5) is 27.3. The van der Waals surface area contributed by atoms with Gasteiger partial charge in [-0.1, -0.05) is 29.3 Å². The number of hydrogen-bond donors (Lipinski definition) is 1. The molecule has 0 atom stereocenters. The van der Waals surface area contributed by atoms with Gasteiger partial charge in [-0.25, -0.2) is 0 Å². The van der Waals surface area contributed by atoms with Gasteiger partial charge in [-0.2, -0.15) is 0 Å². The van der Waals surface area contributed by atoms with Gasteiger partial charge in [0.05, 0.1) is 10.7 Å². The van der Waals surface area contributed by atoms with Crippen LogP contribution in [0.15, 0.2) is 52.5 Å². The molecule has 1 saturated heterocycles. The Hall–Kier alpha value is -2.45. The maximum atomic E-state index is 13.3. The van der Waals surface area contributed by atoms with E-state index in [1.165, 1.54) is 4.90 Å². The first kappa shape index (κ1) is 23.7. The van der Waals surface area contributed by atoms with Gasteiger partial charge in [-0.3, -0.25) is 19.8 Å². The SMILES string of the molecule is Cc1ccc(N2C(=O)/C(=C/c3cc(C)n(-c4ccc(Br)c(Cl)c4)c3C)C(=O)NC2=S)cc1Cl. The number of carbonyl (C=O) groups is 2. The predicted molar refractivity (Wildman–Crippen MR) is 140 cm³/mol. The van der Waals surface area contributed by atoms with Crippen molar-refractivity contribution in [3.8, 4) is 5.69 Å². The maximum Gasteiger partial charge on any atom is 0.270 e. The second-order valence-corrected chi connectivity index (χ2v) is 9.71. The monoisotopic (exact) mass is 561 g/mol. The lowest BCUT2D eigenvalue weighted by Crippen LogP contribution is -2.54. The third kappa shape index (κ3) is 4.38. The van der Waals surface area contributed by atoms with Gasteiger partial charge < -0.3 is 4.57 Å². The molecule has 3 aromatic rings. The summed E-state index contributed by atoms with van der Waals surface area (Å²) in [5, 5.41) is 3.70. The van der Waals surface area contributed by atoms with Gasteiger partial charge >= 0.3 is 0 Å². The second kappa shape index (κ2) is 9.06. The van der Waals surface area contributed by atoms with Crippen LogP contribution in [0.4, 0.5) is 5.69 Å². The Balaban J connectivity index is 1.77. The second-order valence-electron chi connectivity index (χ2n) is 7.65. The fraction of sp³-hybridized carbons (Fsp3) is 0.125. The zero-order valence-electron chi connectivity index (χ0n) is 17.9. The van der Waals surface area contributed by atoms with Crippen molar-refractivity contribution in [3.63, 3.8) is 0 Å². The van der Waals surface area contributed by atoms with E-state index in [4.69, 9.17) is 35.4 Å². The molecule has 1 aromatic heterocycles. The van der Waals surface area contributed by atoms with Gasteiger partial charge in [0, 0.05) is 26.6 Å². The van der Waals surface area contributed by atoms with Gasteiger partial charge in [0.2, 0.25) is 0 Å². The lowest BCUT2D eigenvalue weighted by molar-refractivity contribution is -0.122. The summed E-state index contributed by atoms with van der Waals surface area (Å²) in [5.41, 5.74) is 4.74. The summed E-state index contributed by atoms with van der Waals surface area (Å²) >= 11 is 21.2. The smallest absolute Gasteiger partial charge is 0.270 e. The molecular weight excluding hydrogens is 545 g/mol. The van der Waals surface area contributed by atoms with Gasteiger partial charge in [-0.15, -0.1) is 0 Å². The van der Waals surface area contributed by atoms with Crippen LogP contribution in [0.3, 0.4) is 0 Å². The Morgan fingerprint density at radius 3 is 2.30 bits per heavy atom. The molecular formula is C24H18BrCl2N3O2S. The summed E-state index contributed by atoms with van der Waals surface area (Å²) in [6.45, 7) is 5.73. The molecule has 1 aliphatic rings. The van der Waals surface area contributed by atoms with Crippen LogP contribution in [-0.4, -0.2) is 21.5 Å². The number of aryl methyl sites for hydroxylation is 2. The molecule has 2 amide bonds. The minimum Gasteiger partial charge on any atom is -0.318 e. The number of anilines is 1. The number of nitrogens with one attached hydrogen (secondary N) is 1. The minimum absolute atomic E-state index is 0.0112. The molecule has 5 nitrogen and oxygen atoms in total. The van der Waals surface area contributed by atoms with E-state index in [2.05, 4.69) is 21.2 Å². The number of aromatic nitrogens is 1. The molecule has 2 aromatic carbocycles. The molecule has 1 fully saturated rings. The average molecular weight is 563 g/mol. The van der Waals surface area contributed by atoms with Crippen LogP contribution in [0, 0.1) is 20.8 Å². The van der Waals surface area contributed by atoms with Crippen LogP contribution in [-0.2, 0) is 9.59 Å². The number of rotatable bonds is 3. The number of amides is 2. The van der Waals surface area contributed by atoms with E-state index in [1.54, 1.807) is 24.3 Å². The van der Waals surface area contributed by atoms with Crippen LogP contribution in [0.2, 0.25) is 10.0 Å². The van der Waals surface area contributed by atoms with Crippen molar-refractivity contribution in [1.82, 2.24) is 9.88 Å². The maximum absolute atomic E-state index is 13.3. The quantitative estimate of drug-likeness (QED) is 0.231. The van der Waals surface area contributed by atoms with Gasteiger partial charge in [0.1, 0.15) is 5.57 Å². The molecule has 0 aliphatic carbocycles. The lowest BCUT2D eigenvalue weighted by atomic mass is 10.1. The first-order valence-corrected chi connectivity index (χ1v) is 11.9. The lowest BCUT2D eigenvalue weighted by Gasteiger charge is -2.29. The first-order chi connectivity index (χ1) is 15.6. The third-order valence-corrected chi connectivity index (χ3v) is 7.37. The largest absolute Gasteiger partial charge is 0.318 e. The molecule has 0 radical (unpaired) electrons. The van der Waals surface area contributed by atoms with E-state index in [9.17, 15) is 9.59 Å². The molecule has 33 heavy (non-hydrogen) atoms. The summed E-state index contributed by atoms with van der Waals surface area (Å²) < 4.78 is 2.81. The molecule has 0 unspecified atom stereocenters. The molecule has 4 rings (SSSR count). The van der Waals surface area contributed by atoms with Crippen molar-refractivity contribution in [3.05, 3.63) is 85.1 Å². The van der Waals surface area contributed by atoms with E-state index in [0.29, 0.717) is 15.7 Å². The van der Waals surface area contributed by atoms with Crippen LogP contribution >= 0.6 is 51.3 Å². The van der Waals surface area contributed by atoms with Crippen LogP contribution < -0.4 is 10.2 Å². The van der Waals surface area contributed by atoms with E-state index in [-0.39, 0.29) is 10.7 Å². The highest BCUT2D eigenvalue weighted by atomic mass is 79.9. The summed E-state index contributed by atoms with van der Waals surface area (Å²) in [6.07, 6.45) is 1.58. The van der Waals surface area contributed by atoms with Crippen molar-refractivity contribution in [2.75, 3.05) is 4.90 Å². The molecule has 1 aliphatic heterocycles. The molecule has 2 heterocycles. The highest BCUT2D eigenvalue weighted by Gasteiger charge is 2.35. The van der Waals surface area contributed by atoms with Crippen LogP contribution in [0.25, 0.3) is 11.8 Å². The molecule has 1 N–H and O–H groups in total. The van der Waals surface area contributed by atoms with Crippen molar-refractivity contribution >= 4 is 80.0 Å². The molecule has 0 saturated carbocycles. The molecule has 9 heteroatoms. The fourth-order valence-corrected chi connectivity index (χ4v) is 4.60. The van der Waals surface area contributed by atoms with Crippen molar-refractivity contribution in [2.24, 2.45) is 0 Å². The summed E-state index contributed by atoms with van der Waals surface area (Å²) in [7, 11) is 0. The Morgan fingerprint density at radius 1 is 0.970 bits per heavy atom. The first-order valence-electron chi connectivity index (χ1n) is 9.90. The normalized spacial score (nSPS) is 15.4. The highest BCUT2D eigenvalue weighted by molar-refractivity contribution is 9.10. The average Bonchev–Trinajstić information content (AvgIpc) is 3.03. The van der Waals surface area contributed by atoms with Crippen LogP contribution in [0.1, 0.15) is 22.5 Å². The zero-order chi connectivity index (χ0) is 24.0. The van der Waals surface area contributed by atoms with Crippen molar-refractivity contribution < 1.29 is 9.59 Å². The van der Waals surface area contributed by atoms with Crippen molar-refractivity contribution in [1.29, 1.82) is 0 Å². The molecule has 0 bridgehead atoms. The Bertz CT molecular complexity index is 1380. The summed E-state index contributed by atoms with van der Waals surface area (Å²) in [6, 6.07) is 12.8. The van der Waals surface area contributed by atoms with Crippen LogP contribution in [0.5, 0.6) is 0 Å². The van der Waals surface area contributed by atoms with E-state index in [1.807, 2.05) is 49.6 Å². The highest BCUT2D eigenvalue weighted by Crippen LogP contribution is 2.30. The van der Waals surface area contributed by atoms with Gasteiger partial charge in [0.25, 0.3) is 11.8 Å². The van der Waals surface area contributed by atoms with Gasteiger partial charge in [0.15, 0.2) is 5.11 Å². The predicted octanol–water partition coefficient (Wildman–Crippen LogP) is 6.30. The molecule has 168 valence electrons. The zero-order valence-corrected chi connectivity index (χ0v) is 21.8. The number of benzene rings is 2. The number of thiocarbonyl (C=S) groups is 1. The standard InChI is InChI=1S/C24H18BrCl2N3O2S/c1-12-4-5-17(10-20(12)26)30-23(32)18(22(31)28-24(30)33)9-15-8-13(2)29(14(15)3)16-6-7-19(25)21(27)11-16/h4-11H,1-3H3,(H,28,31,33)/b18-9+. The topological polar surface area (TPSA) is 54.3 Å². The van der Waals surface area contributed by atoms with Gasteiger partial charge in [-0.05, 0) is 103 Å². The Labute approximate surface area is 215 Å². The summed E-state index contributed by atoms with van der Waals surface area (Å²) in [5.74, 6) is -1.06. The fourth-order valence-electron chi connectivity index (χ4n) is 3.72. The number of hydrogen-bond acceptors (Lipinski definition) is 3. The van der Waals surface area contributed by atoms with E-state index in [0.717, 1.165) is 32.7 Å². The number of carbonyl (C=O) groups excluding carboxylic acids is 2. The third-order valence-electron chi connectivity index (χ3n) is 5.45. The van der Waals surface area contributed by atoms with Crippen molar-refractivity contribution in [2.45, 2.75) is 20.8 Å². The number of halogens is 3. The van der Waals surface area contributed by atoms with E-state index >= 15 is 0 Å². The Kier molecular flexibility index (Phi) is 6.51. The molecule has 0 spiro atoms.